The van der Waals surface area contributed by atoms with Crippen molar-refractivity contribution in [3.63, 3.8) is 0 Å². The second-order valence-corrected chi connectivity index (χ2v) is 4.69. The van der Waals surface area contributed by atoms with Gasteiger partial charge in [0.05, 0.1) is 0 Å². The Bertz CT molecular complexity index is 866. The van der Waals surface area contributed by atoms with Gasteiger partial charge in [0, 0.05) is 6.20 Å². The van der Waals surface area contributed by atoms with E-state index in [1.165, 1.54) is 0 Å². The van der Waals surface area contributed by atoms with Crippen LogP contribution in [0.25, 0.3) is 10.8 Å². The van der Waals surface area contributed by atoms with Crippen molar-refractivity contribution in [2.75, 3.05) is 0 Å². The highest BCUT2D eigenvalue weighted by Crippen LogP contribution is 2.35. The number of aryl methyl sites for hydroxylation is 1. The van der Waals surface area contributed by atoms with E-state index < -0.39 is 0 Å². The van der Waals surface area contributed by atoms with Crippen LogP contribution < -0.4 is 4.74 Å². The predicted molar refractivity (Wildman–Crippen MR) is 79.4 cm³/mol. The molecular formula is C17H12N2O2. The third-order valence-electron chi connectivity index (χ3n) is 3.27. The van der Waals surface area contributed by atoms with Crippen molar-refractivity contribution in [2.24, 2.45) is 0 Å². The van der Waals surface area contributed by atoms with Crippen molar-refractivity contribution in [3.8, 4) is 23.4 Å². The van der Waals surface area contributed by atoms with E-state index in [9.17, 15) is 10.4 Å². The minimum Gasteiger partial charge on any atom is -0.504 e. The van der Waals surface area contributed by atoms with Gasteiger partial charge in [-0.3, -0.25) is 0 Å². The molecule has 0 aliphatic heterocycles. The first-order valence-electron chi connectivity index (χ1n) is 6.44. The highest BCUT2D eigenvalue weighted by Gasteiger charge is 2.12. The lowest BCUT2D eigenvalue weighted by Gasteiger charge is -2.10. The van der Waals surface area contributed by atoms with Gasteiger partial charge in [0.1, 0.15) is 11.6 Å². The van der Waals surface area contributed by atoms with Crippen LogP contribution in [0.15, 0.2) is 48.7 Å². The molecule has 3 rings (SSSR count). The van der Waals surface area contributed by atoms with E-state index in [1.54, 1.807) is 24.4 Å². The number of benzene rings is 2. The molecule has 0 spiro atoms. The number of phenolic OH excluding ortho intramolecular Hbond substituents is 1. The molecule has 1 aromatic heterocycles. The molecule has 0 saturated carbocycles. The molecule has 0 atom stereocenters. The van der Waals surface area contributed by atoms with E-state index in [4.69, 9.17) is 4.74 Å². The van der Waals surface area contributed by atoms with Crippen LogP contribution in [-0.4, -0.2) is 10.1 Å². The molecule has 0 aliphatic carbocycles. The van der Waals surface area contributed by atoms with Gasteiger partial charge in [-0.2, -0.15) is 5.26 Å². The van der Waals surface area contributed by atoms with E-state index in [-0.39, 0.29) is 17.4 Å². The molecule has 0 bridgehead atoms. The fourth-order valence-corrected chi connectivity index (χ4v) is 2.14. The Kier molecular flexibility index (Phi) is 3.17. The minimum atomic E-state index is 0.0147. The van der Waals surface area contributed by atoms with Gasteiger partial charge in [0.2, 0.25) is 5.88 Å². The van der Waals surface area contributed by atoms with E-state index in [2.05, 4.69) is 11.1 Å². The van der Waals surface area contributed by atoms with E-state index in [1.807, 2.05) is 31.2 Å². The van der Waals surface area contributed by atoms with Crippen LogP contribution in [0.3, 0.4) is 0 Å². The molecule has 0 amide bonds. The maximum absolute atomic E-state index is 10.1. The zero-order valence-electron chi connectivity index (χ0n) is 11.4. The van der Waals surface area contributed by atoms with Crippen molar-refractivity contribution in [1.29, 1.82) is 5.26 Å². The first kappa shape index (κ1) is 12.9. The standard InChI is InChI=1S/C17H12N2O2/c1-11-6-7-19-17(14(11)10-18)21-16-9-13-5-3-2-4-12(13)8-15(16)20/h2-9,20H,1H3. The molecule has 2 aromatic carbocycles. The Morgan fingerprint density at radius 3 is 2.57 bits per heavy atom. The number of hydrogen-bond donors (Lipinski definition) is 1. The Morgan fingerprint density at radius 2 is 1.86 bits per heavy atom. The van der Waals surface area contributed by atoms with Crippen LogP contribution in [0.1, 0.15) is 11.1 Å². The first-order chi connectivity index (χ1) is 10.2. The molecule has 21 heavy (non-hydrogen) atoms. The fraction of sp³-hybridized carbons (Fsp3) is 0.0588. The summed E-state index contributed by atoms with van der Waals surface area (Å²) in [5.41, 5.74) is 1.15. The van der Waals surface area contributed by atoms with Crippen LogP contribution in [0.5, 0.6) is 17.4 Å². The maximum Gasteiger partial charge on any atom is 0.237 e. The average Bonchev–Trinajstić information content (AvgIpc) is 2.48. The summed E-state index contributed by atoms with van der Waals surface area (Å²) >= 11 is 0. The Labute approximate surface area is 121 Å². The normalized spacial score (nSPS) is 10.3. The molecule has 0 aliphatic rings. The van der Waals surface area contributed by atoms with Crippen LogP contribution in [0.2, 0.25) is 0 Å². The maximum atomic E-state index is 10.1. The lowest BCUT2D eigenvalue weighted by molar-refractivity contribution is 0.403. The van der Waals surface area contributed by atoms with Gasteiger partial charge >= 0.3 is 0 Å². The van der Waals surface area contributed by atoms with Gasteiger partial charge < -0.3 is 9.84 Å². The fourth-order valence-electron chi connectivity index (χ4n) is 2.14. The van der Waals surface area contributed by atoms with Crippen molar-refractivity contribution in [1.82, 2.24) is 4.98 Å². The number of nitriles is 1. The summed E-state index contributed by atoms with van der Waals surface area (Å²) in [6.07, 6.45) is 1.57. The monoisotopic (exact) mass is 276 g/mol. The predicted octanol–water partition coefficient (Wildman–Crippen LogP) is 3.91. The third kappa shape index (κ3) is 2.37. The van der Waals surface area contributed by atoms with Gasteiger partial charge in [0.15, 0.2) is 11.5 Å². The zero-order valence-corrected chi connectivity index (χ0v) is 11.4. The van der Waals surface area contributed by atoms with Crippen LogP contribution >= 0.6 is 0 Å². The van der Waals surface area contributed by atoms with Gasteiger partial charge in [-0.25, -0.2) is 4.98 Å². The van der Waals surface area contributed by atoms with Crippen molar-refractivity contribution < 1.29 is 9.84 Å². The summed E-state index contributed by atoms with van der Waals surface area (Å²) in [6.45, 7) is 1.81. The summed E-state index contributed by atoms with van der Waals surface area (Å²) in [5, 5.41) is 21.1. The number of pyridine rings is 1. The summed E-state index contributed by atoms with van der Waals surface area (Å²) in [4.78, 5) is 4.07. The molecule has 4 heteroatoms. The quantitative estimate of drug-likeness (QED) is 0.770. The summed E-state index contributed by atoms with van der Waals surface area (Å²) in [5.74, 6) is 0.493. The van der Waals surface area contributed by atoms with Crippen LogP contribution in [-0.2, 0) is 0 Å². The van der Waals surface area contributed by atoms with Crippen molar-refractivity contribution in [3.05, 3.63) is 59.8 Å². The highest BCUT2D eigenvalue weighted by molar-refractivity contribution is 5.86. The molecule has 0 fully saturated rings. The number of ether oxygens (including phenoxy) is 1. The SMILES string of the molecule is Cc1ccnc(Oc2cc3ccccc3cc2O)c1C#N. The number of aromatic hydroxyl groups is 1. The summed E-state index contributed by atoms with van der Waals surface area (Å²) in [6, 6.07) is 14.8. The molecule has 3 aromatic rings. The minimum absolute atomic E-state index is 0.0147. The number of rotatable bonds is 2. The van der Waals surface area contributed by atoms with Crippen LogP contribution in [0, 0.1) is 18.3 Å². The number of phenols is 1. The molecular weight excluding hydrogens is 264 g/mol. The molecule has 4 nitrogen and oxygen atoms in total. The van der Waals surface area contributed by atoms with E-state index in [0.717, 1.165) is 16.3 Å². The number of aromatic nitrogens is 1. The van der Waals surface area contributed by atoms with Crippen molar-refractivity contribution in [2.45, 2.75) is 6.92 Å². The summed E-state index contributed by atoms with van der Waals surface area (Å²) < 4.78 is 5.64. The van der Waals surface area contributed by atoms with Crippen LogP contribution in [0.4, 0.5) is 0 Å². The second-order valence-electron chi connectivity index (χ2n) is 4.69. The number of hydrogen-bond acceptors (Lipinski definition) is 4. The molecule has 102 valence electrons. The topological polar surface area (TPSA) is 66.1 Å². The lowest BCUT2D eigenvalue weighted by atomic mass is 10.1. The number of nitrogens with zero attached hydrogens (tertiary/aromatic N) is 2. The third-order valence-corrected chi connectivity index (χ3v) is 3.27. The molecule has 1 N–H and O–H groups in total. The molecule has 0 saturated heterocycles. The Balaban J connectivity index is 2.08. The van der Waals surface area contributed by atoms with E-state index in [0.29, 0.717) is 5.56 Å². The highest BCUT2D eigenvalue weighted by atomic mass is 16.5. The second kappa shape index (κ2) is 5.14. The van der Waals surface area contributed by atoms with Gasteiger partial charge in [-0.15, -0.1) is 0 Å². The number of fused-ring (bicyclic) bond motifs is 1. The molecule has 1 heterocycles. The van der Waals surface area contributed by atoms with Crippen molar-refractivity contribution >= 4 is 10.8 Å². The summed E-state index contributed by atoms with van der Waals surface area (Å²) in [7, 11) is 0. The largest absolute Gasteiger partial charge is 0.504 e. The van der Waals surface area contributed by atoms with E-state index >= 15 is 0 Å². The Morgan fingerprint density at radius 1 is 1.14 bits per heavy atom. The average molecular weight is 276 g/mol. The van der Waals surface area contributed by atoms with Gasteiger partial charge in [0.25, 0.3) is 0 Å². The molecule has 0 unspecified atom stereocenters. The smallest absolute Gasteiger partial charge is 0.237 e. The lowest BCUT2D eigenvalue weighted by Crippen LogP contribution is -1.94. The Hall–Kier alpha value is -3.06. The zero-order chi connectivity index (χ0) is 14.8. The van der Waals surface area contributed by atoms with Gasteiger partial charge in [-0.05, 0) is 41.5 Å². The first-order valence-corrected chi connectivity index (χ1v) is 6.44. The molecule has 0 radical (unpaired) electrons. The van der Waals surface area contributed by atoms with Gasteiger partial charge in [-0.1, -0.05) is 24.3 Å².